The summed E-state index contributed by atoms with van der Waals surface area (Å²) in [7, 11) is 0. The van der Waals surface area contributed by atoms with Gasteiger partial charge < -0.3 is 20.3 Å². The Labute approximate surface area is 162 Å². The fraction of sp³-hybridized carbons (Fsp3) is 0.471. The molecule has 2 heterocycles. The molecule has 0 unspecified atom stereocenters. The van der Waals surface area contributed by atoms with E-state index in [4.69, 9.17) is 0 Å². The number of thiazole rings is 1. The SMILES string of the molecule is CCNCC(=O)N1CCC[C@H]1C(=O)Nc1nc2ccc(OC(F)(F)F)cc2s1. The second-order valence-corrected chi connectivity index (χ2v) is 7.24. The van der Waals surface area contributed by atoms with Crippen LogP contribution in [0.15, 0.2) is 18.2 Å². The zero-order valence-corrected chi connectivity index (χ0v) is 15.8. The average molecular weight is 416 g/mol. The molecule has 1 saturated heterocycles. The number of nitrogens with zero attached hydrogens (tertiary/aromatic N) is 2. The molecule has 2 amide bonds. The highest BCUT2D eigenvalue weighted by atomic mass is 32.1. The standard InChI is InChI=1S/C17H19F3N4O3S/c1-2-21-9-14(25)24-7-3-4-12(24)15(26)23-16-22-11-6-5-10(8-13(11)28-16)27-17(18,19)20/h5-6,8,12,21H,2-4,7,9H2,1H3,(H,22,23,26)/t12-/m0/s1. The van der Waals surface area contributed by atoms with Crippen LogP contribution in [0.5, 0.6) is 5.75 Å². The quantitative estimate of drug-likeness (QED) is 0.757. The number of ether oxygens (including phenoxy) is 1. The number of nitrogens with one attached hydrogen (secondary N) is 2. The number of hydrogen-bond donors (Lipinski definition) is 2. The van der Waals surface area contributed by atoms with E-state index in [1.165, 1.54) is 18.2 Å². The van der Waals surface area contributed by atoms with E-state index < -0.39 is 12.4 Å². The Balaban J connectivity index is 1.69. The zero-order valence-electron chi connectivity index (χ0n) is 15.0. The molecule has 0 aliphatic carbocycles. The molecule has 1 aromatic heterocycles. The monoisotopic (exact) mass is 416 g/mol. The molecule has 0 radical (unpaired) electrons. The molecule has 11 heteroatoms. The molecule has 1 atom stereocenters. The van der Waals surface area contributed by atoms with E-state index in [0.717, 1.165) is 17.8 Å². The third-order valence-electron chi connectivity index (χ3n) is 4.23. The van der Waals surface area contributed by atoms with Crippen LogP contribution in [0.1, 0.15) is 19.8 Å². The van der Waals surface area contributed by atoms with E-state index in [-0.39, 0.29) is 29.2 Å². The van der Waals surface area contributed by atoms with E-state index in [0.29, 0.717) is 29.7 Å². The van der Waals surface area contributed by atoms with Gasteiger partial charge in [-0.15, -0.1) is 13.2 Å². The molecule has 0 spiro atoms. The number of benzene rings is 1. The van der Waals surface area contributed by atoms with Gasteiger partial charge in [-0.25, -0.2) is 4.98 Å². The zero-order chi connectivity index (χ0) is 20.3. The maximum Gasteiger partial charge on any atom is 0.573 e. The fourth-order valence-electron chi connectivity index (χ4n) is 3.02. The predicted octanol–water partition coefficient (Wildman–Crippen LogP) is 2.73. The Kier molecular flexibility index (Phi) is 6.04. The molecule has 152 valence electrons. The fourth-order valence-corrected chi connectivity index (χ4v) is 3.91. The van der Waals surface area contributed by atoms with Crippen molar-refractivity contribution in [3.63, 3.8) is 0 Å². The molecule has 1 fully saturated rings. The van der Waals surface area contributed by atoms with Gasteiger partial charge in [0, 0.05) is 12.6 Å². The highest BCUT2D eigenvalue weighted by molar-refractivity contribution is 7.22. The Morgan fingerprint density at radius 3 is 2.89 bits per heavy atom. The molecule has 2 N–H and O–H groups in total. The first kappa shape index (κ1) is 20.3. The molecule has 28 heavy (non-hydrogen) atoms. The number of hydrogen-bond acceptors (Lipinski definition) is 6. The third kappa shape index (κ3) is 4.90. The molecule has 1 aliphatic heterocycles. The van der Waals surface area contributed by atoms with E-state index in [1.54, 1.807) is 4.90 Å². The smallest absolute Gasteiger partial charge is 0.406 e. The van der Waals surface area contributed by atoms with Crippen LogP contribution in [0.2, 0.25) is 0 Å². The number of likely N-dealkylation sites (tertiary alicyclic amines) is 1. The average Bonchev–Trinajstić information content (AvgIpc) is 3.24. The molecule has 2 aromatic rings. The first-order valence-electron chi connectivity index (χ1n) is 8.74. The predicted molar refractivity (Wildman–Crippen MR) is 98.2 cm³/mol. The van der Waals surface area contributed by atoms with Crippen molar-refractivity contribution in [1.82, 2.24) is 15.2 Å². The Bertz CT molecular complexity index is 871. The van der Waals surface area contributed by atoms with Crippen molar-refractivity contribution < 1.29 is 27.5 Å². The first-order chi connectivity index (χ1) is 13.3. The Morgan fingerprint density at radius 1 is 1.39 bits per heavy atom. The largest absolute Gasteiger partial charge is 0.573 e. The van der Waals surface area contributed by atoms with E-state index in [9.17, 15) is 22.8 Å². The number of rotatable bonds is 6. The lowest BCUT2D eigenvalue weighted by Crippen LogP contribution is -2.46. The second kappa shape index (κ2) is 8.31. The van der Waals surface area contributed by atoms with Gasteiger partial charge in [-0.2, -0.15) is 0 Å². The van der Waals surface area contributed by atoms with Gasteiger partial charge in [-0.1, -0.05) is 18.3 Å². The Morgan fingerprint density at radius 2 is 2.18 bits per heavy atom. The van der Waals surface area contributed by atoms with Gasteiger partial charge in [-0.3, -0.25) is 9.59 Å². The van der Waals surface area contributed by atoms with Gasteiger partial charge in [0.05, 0.1) is 16.8 Å². The van der Waals surface area contributed by atoms with Gasteiger partial charge in [0.15, 0.2) is 5.13 Å². The molecular formula is C17H19F3N4O3S. The summed E-state index contributed by atoms with van der Waals surface area (Å²) in [5.74, 6) is -0.844. The van der Waals surface area contributed by atoms with Crippen LogP contribution in [0.4, 0.5) is 18.3 Å². The van der Waals surface area contributed by atoms with Crippen molar-refractivity contribution in [2.45, 2.75) is 32.2 Å². The molecule has 3 rings (SSSR count). The second-order valence-electron chi connectivity index (χ2n) is 6.21. The normalized spacial score (nSPS) is 17.1. The Hall–Kier alpha value is -2.40. The number of halogens is 3. The summed E-state index contributed by atoms with van der Waals surface area (Å²) in [4.78, 5) is 30.6. The minimum Gasteiger partial charge on any atom is -0.406 e. The number of aromatic nitrogens is 1. The van der Waals surface area contributed by atoms with Crippen LogP contribution in [-0.4, -0.2) is 53.7 Å². The lowest BCUT2D eigenvalue weighted by Gasteiger charge is -2.23. The van der Waals surface area contributed by atoms with Crippen molar-refractivity contribution in [1.29, 1.82) is 0 Å². The van der Waals surface area contributed by atoms with Gasteiger partial charge in [0.1, 0.15) is 11.8 Å². The van der Waals surface area contributed by atoms with Crippen LogP contribution in [-0.2, 0) is 9.59 Å². The lowest BCUT2D eigenvalue weighted by atomic mass is 10.2. The maximum atomic E-state index is 12.6. The molecule has 7 nitrogen and oxygen atoms in total. The summed E-state index contributed by atoms with van der Waals surface area (Å²) in [6.45, 7) is 3.23. The van der Waals surface area contributed by atoms with Crippen LogP contribution in [0.25, 0.3) is 10.2 Å². The number of carbonyl (C=O) groups excluding carboxylic acids is 2. The third-order valence-corrected chi connectivity index (χ3v) is 5.16. The van der Waals surface area contributed by atoms with Gasteiger partial charge in [-0.05, 0) is 31.5 Å². The number of fused-ring (bicyclic) bond motifs is 1. The van der Waals surface area contributed by atoms with Crippen molar-refractivity contribution in [3.8, 4) is 5.75 Å². The number of anilines is 1. The molecular weight excluding hydrogens is 397 g/mol. The minimum absolute atomic E-state index is 0.141. The van der Waals surface area contributed by atoms with Crippen molar-refractivity contribution in [2.24, 2.45) is 0 Å². The van der Waals surface area contributed by atoms with E-state index in [2.05, 4.69) is 20.4 Å². The number of amides is 2. The van der Waals surface area contributed by atoms with E-state index >= 15 is 0 Å². The molecule has 1 aromatic carbocycles. The van der Waals surface area contributed by atoms with Crippen molar-refractivity contribution in [2.75, 3.05) is 25.0 Å². The minimum atomic E-state index is -4.78. The van der Waals surface area contributed by atoms with Crippen LogP contribution in [0.3, 0.4) is 0 Å². The molecule has 0 saturated carbocycles. The summed E-state index contributed by atoms with van der Waals surface area (Å²) < 4.78 is 41.4. The van der Waals surface area contributed by atoms with Crippen molar-refractivity contribution in [3.05, 3.63) is 18.2 Å². The highest BCUT2D eigenvalue weighted by Crippen LogP contribution is 2.32. The summed E-state index contributed by atoms with van der Waals surface area (Å²) in [5, 5.41) is 5.88. The summed E-state index contributed by atoms with van der Waals surface area (Å²) in [5.41, 5.74) is 0.446. The van der Waals surface area contributed by atoms with Gasteiger partial charge in [0.25, 0.3) is 0 Å². The lowest BCUT2D eigenvalue weighted by molar-refractivity contribution is -0.274. The number of alkyl halides is 3. The van der Waals surface area contributed by atoms with Crippen LogP contribution < -0.4 is 15.4 Å². The summed E-state index contributed by atoms with van der Waals surface area (Å²) in [6.07, 6.45) is -3.49. The first-order valence-corrected chi connectivity index (χ1v) is 9.56. The van der Waals surface area contributed by atoms with Gasteiger partial charge >= 0.3 is 6.36 Å². The number of carbonyl (C=O) groups is 2. The maximum absolute atomic E-state index is 12.6. The highest BCUT2D eigenvalue weighted by Gasteiger charge is 2.34. The number of likely N-dealkylation sites (N-methyl/N-ethyl adjacent to an activating group) is 1. The van der Waals surface area contributed by atoms with Crippen LogP contribution >= 0.6 is 11.3 Å². The summed E-state index contributed by atoms with van der Waals surface area (Å²) in [6, 6.07) is 3.20. The summed E-state index contributed by atoms with van der Waals surface area (Å²) >= 11 is 1.04. The molecule has 0 bridgehead atoms. The molecule has 1 aliphatic rings. The van der Waals surface area contributed by atoms with Crippen LogP contribution in [0, 0.1) is 0 Å². The van der Waals surface area contributed by atoms with Crippen molar-refractivity contribution >= 4 is 38.5 Å². The van der Waals surface area contributed by atoms with Gasteiger partial charge in [0.2, 0.25) is 11.8 Å². The topological polar surface area (TPSA) is 83.6 Å². The van der Waals surface area contributed by atoms with E-state index in [1.807, 2.05) is 6.92 Å².